The van der Waals surface area contributed by atoms with Crippen molar-refractivity contribution in [2.24, 2.45) is 0 Å². The van der Waals surface area contributed by atoms with Gasteiger partial charge in [0.2, 0.25) is 10.0 Å². The maximum atomic E-state index is 12.9. The molecule has 31 heavy (non-hydrogen) atoms. The number of para-hydroxylation sites is 1. The molecule has 0 saturated carbocycles. The van der Waals surface area contributed by atoms with Crippen LogP contribution in [0.25, 0.3) is 0 Å². The predicted octanol–water partition coefficient (Wildman–Crippen LogP) is 2.75. The van der Waals surface area contributed by atoms with Crippen molar-refractivity contribution >= 4 is 39.1 Å². The van der Waals surface area contributed by atoms with Crippen LogP contribution < -0.4 is 10.6 Å². The molecular formula is C21H24ClN3O5S. The lowest BCUT2D eigenvalue weighted by Crippen LogP contribution is -2.28. The Morgan fingerprint density at radius 3 is 2.48 bits per heavy atom. The van der Waals surface area contributed by atoms with Gasteiger partial charge in [-0.2, -0.15) is 4.31 Å². The minimum absolute atomic E-state index is 0.00884. The van der Waals surface area contributed by atoms with E-state index < -0.39 is 15.9 Å². The van der Waals surface area contributed by atoms with Crippen molar-refractivity contribution in [1.82, 2.24) is 9.62 Å². The average molecular weight is 466 g/mol. The van der Waals surface area contributed by atoms with Gasteiger partial charge in [-0.3, -0.25) is 9.59 Å². The Kier molecular flexibility index (Phi) is 7.66. The number of hydrogen-bond donors (Lipinski definition) is 2. The normalized spacial score (nSPS) is 14.4. The Bertz CT molecular complexity index is 1070. The molecule has 166 valence electrons. The number of amides is 2. The quantitative estimate of drug-likeness (QED) is 0.583. The number of ether oxygens (including phenoxy) is 1. The van der Waals surface area contributed by atoms with Crippen LogP contribution in [0.15, 0.2) is 47.4 Å². The lowest BCUT2D eigenvalue weighted by Gasteiger charge is -2.17. The van der Waals surface area contributed by atoms with E-state index in [0.717, 1.165) is 12.8 Å². The topological polar surface area (TPSA) is 105 Å². The van der Waals surface area contributed by atoms with Crippen LogP contribution in [0, 0.1) is 0 Å². The molecule has 0 spiro atoms. The molecule has 1 saturated heterocycles. The number of benzene rings is 2. The zero-order valence-corrected chi connectivity index (χ0v) is 18.6. The second-order valence-corrected chi connectivity index (χ2v) is 9.35. The first-order valence-corrected chi connectivity index (χ1v) is 11.6. The van der Waals surface area contributed by atoms with Crippen LogP contribution in [0.2, 0.25) is 5.02 Å². The Hall–Kier alpha value is -2.46. The molecule has 2 amide bonds. The van der Waals surface area contributed by atoms with Gasteiger partial charge in [0.25, 0.3) is 11.8 Å². The molecule has 2 aromatic carbocycles. The molecule has 0 aliphatic carbocycles. The molecule has 0 atom stereocenters. The zero-order chi connectivity index (χ0) is 22.4. The number of nitrogens with zero attached hydrogens (tertiary/aromatic N) is 1. The number of methoxy groups -OCH3 is 1. The highest BCUT2D eigenvalue weighted by Gasteiger charge is 2.28. The van der Waals surface area contributed by atoms with Gasteiger partial charge in [0.1, 0.15) is 0 Å². The van der Waals surface area contributed by atoms with Crippen LogP contribution in [-0.4, -0.2) is 57.9 Å². The summed E-state index contributed by atoms with van der Waals surface area (Å²) < 4.78 is 32.0. The van der Waals surface area contributed by atoms with Gasteiger partial charge < -0.3 is 15.4 Å². The fourth-order valence-corrected chi connectivity index (χ4v) is 5.01. The van der Waals surface area contributed by atoms with E-state index in [9.17, 15) is 18.0 Å². The summed E-state index contributed by atoms with van der Waals surface area (Å²) in [5.74, 6) is -0.981. The van der Waals surface area contributed by atoms with Crippen molar-refractivity contribution < 1.29 is 22.7 Å². The van der Waals surface area contributed by atoms with E-state index in [-0.39, 0.29) is 32.6 Å². The SMILES string of the molecule is COCCNC(=O)c1ccccc1NC(=O)c1cc(S(=O)(=O)N2CCCC2)ccc1Cl. The Morgan fingerprint density at radius 1 is 1.06 bits per heavy atom. The summed E-state index contributed by atoms with van der Waals surface area (Å²) in [5, 5.41) is 5.47. The number of halogens is 1. The van der Waals surface area contributed by atoms with Crippen LogP contribution in [0.1, 0.15) is 33.6 Å². The summed E-state index contributed by atoms with van der Waals surface area (Å²) in [7, 11) is -2.17. The van der Waals surface area contributed by atoms with Crippen molar-refractivity contribution in [2.75, 3.05) is 38.7 Å². The third-order valence-corrected chi connectivity index (χ3v) is 7.12. The first kappa shape index (κ1) is 23.2. The number of hydrogen-bond acceptors (Lipinski definition) is 5. The molecule has 0 aromatic heterocycles. The van der Waals surface area contributed by atoms with Gasteiger partial charge in [0.05, 0.1) is 33.3 Å². The molecule has 0 bridgehead atoms. The van der Waals surface area contributed by atoms with Crippen molar-refractivity contribution in [3.05, 3.63) is 58.6 Å². The van der Waals surface area contributed by atoms with E-state index in [0.29, 0.717) is 26.2 Å². The summed E-state index contributed by atoms with van der Waals surface area (Å²) >= 11 is 6.19. The first-order chi connectivity index (χ1) is 14.8. The Morgan fingerprint density at radius 2 is 1.77 bits per heavy atom. The number of rotatable bonds is 8. The smallest absolute Gasteiger partial charge is 0.257 e. The standard InChI is InChI=1S/C21H24ClN3O5S/c1-30-13-10-23-20(26)16-6-2-3-7-19(16)24-21(27)17-14-15(8-9-18(17)22)31(28,29)25-11-4-5-12-25/h2-3,6-9,14H,4-5,10-13H2,1H3,(H,23,26)(H,24,27). The Labute approximate surface area is 186 Å². The van der Waals surface area contributed by atoms with Gasteiger partial charge in [-0.25, -0.2) is 8.42 Å². The zero-order valence-electron chi connectivity index (χ0n) is 17.1. The molecule has 10 heteroatoms. The van der Waals surface area contributed by atoms with Gasteiger partial charge in [-0.15, -0.1) is 0 Å². The number of nitrogens with one attached hydrogen (secondary N) is 2. The second kappa shape index (κ2) is 10.2. The molecule has 8 nitrogen and oxygen atoms in total. The van der Waals surface area contributed by atoms with Crippen LogP contribution >= 0.6 is 11.6 Å². The predicted molar refractivity (Wildman–Crippen MR) is 118 cm³/mol. The van der Waals surface area contributed by atoms with Crippen LogP contribution in [-0.2, 0) is 14.8 Å². The van der Waals surface area contributed by atoms with Crippen LogP contribution in [0.3, 0.4) is 0 Å². The lowest BCUT2D eigenvalue weighted by atomic mass is 10.1. The van der Waals surface area contributed by atoms with Gasteiger partial charge in [-0.05, 0) is 43.2 Å². The fraction of sp³-hybridized carbons (Fsp3) is 0.333. The van der Waals surface area contributed by atoms with Crippen LogP contribution in [0.4, 0.5) is 5.69 Å². The molecule has 2 N–H and O–H groups in total. The van der Waals surface area contributed by atoms with Gasteiger partial charge in [0, 0.05) is 26.7 Å². The summed E-state index contributed by atoms with van der Waals surface area (Å²) in [4.78, 5) is 25.4. The highest BCUT2D eigenvalue weighted by atomic mass is 35.5. The van der Waals surface area contributed by atoms with Crippen LogP contribution in [0.5, 0.6) is 0 Å². The number of anilines is 1. The van der Waals surface area contributed by atoms with E-state index >= 15 is 0 Å². The van der Waals surface area contributed by atoms with Gasteiger partial charge >= 0.3 is 0 Å². The lowest BCUT2D eigenvalue weighted by molar-refractivity contribution is 0.0938. The number of carbonyl (C=O) groups is 2. The maximum absolute atomic E-state index is 12.9. The fourth-order valence-electron chi connectivity index (χ4n) is 3.26. The highest BCUT2D eigenvalue weighted by Crippen LogP contribution is 2.26. The minimum Gasteiger partial charge on any atom is -0.383 e. The molecule has 2 aromatic rings. The third kappa shape index (κ3) is 5.43. The third-order valence-electron chi connectivity index (χ3n) is 4.90. The summed E-state index contributed by atoms with van der Waals surface area (Å²) in [6.45, 7) is 1.59. The summed E-state index contributed by atoms with van der Waals surface area (Å²) in [6, 6.07) is 10.6. The van der Waals surface area contributed by atoms with E-state index in [4.69, 9.17) is 16.3 Å². The average Bonchev–Trinajstić information content (AvgIpc) is 3.30. The molecule has 1 aliphatic heterocycles. The van der Waals surface area contributed by atoms with Crippen molar-refractivity contribution in [1.29, 1.82) is 0 Å². The largest absolute Gasteiger partial charge is 0.383 e. The van der Waals surface area contributed by atoms with Gasteiger partial charge in [0.15, 0.2) is 0 Å². The van der Waals surface area contributed by atoms with E-state index in [1.54, 1.807) is 24.3 Å². The monoisotopic (exact) mass is 465 g/mol. The van der Waals surface area contributed by atoms with E-state index in [2.05, 4.69) is 10.6 Å². The van der Waals surface area contributed by atoms with Crippen molar-refractivity contribution in [3.8, 4) is 0 Å². The number of carbonyl (C=O) groups excluding carboxylic acids is 2. The molecule has 0 unspecified atom stereocenters. The van der Waals surface area contributed by atoms with E-state index in [1.165, 1.54) is 29.6 Å². The van der Waals surface area contributed by atoms with Gasteiger partial charge in [-0.1, -0.05) is 23.7 Å². The van der Waals surface area contributed by atoms with Crippen molar-refractivity contribution in [2.45, 2.75) is 17.7 Å². The molecule has 1 heterocycles. The Balaban J connectivity index is 1.84. The first-order valence-electron chi connectivity index (χ1n) is 9.82. The highest BCUT2D eigenvalue weighted by molar-refractivity contribution is 7.89. The van der Waals surface area contributed by atoms with Crippen molar-refractivity contribution in [3.63, 3.8) is 0 Å². The molecule has 1 aliphatic rings. The molecule has 3 rings (SSSR count). The molecule has 1 fully saturated rings. The molecular weight excluding hydrogens is 442 g/mol. The minimum atomic E-state index is -3.70. The summed E-state index contributed by atoms with van der Waals surface area (Å²) in [5.41, 5.74) is 0.562. The number of sulfonamides is 1. The maximum Gasteiger partial charge on any atom is 0.257 e. The van der Waals surface area contributed by atoms with E-state index in [1.807, 2.05) is 0 Å². The molecule has 0 radical (unpaired) electrons. The second-order valence-electron chi connectivity index (χ2n) is 7.00. The summed E-state index contributed by atoms with van der Waals surface area (Å²) in [6.07, 6.45) is 1.62.